The van der Waals surface area contributed by atoms with Gasteiger partial charge in [0.1, 0.15) is 12.2 Å². The first kappa shape index (κ1) is 23.9. The van der Waals surface area contributed by atoms with Crippen molar-refractivity contribution in [2.24, 2.45) is 4.99 Å². The average molecular weight is 533 g/mol. The van der Waals surface area contributed by atoms with E-state index in [2.05, 4.69) is 44.5 Å². The van der Waals surface area contributed by atoms with Crippen molar-refractivity contribution in [1.29, 1.82) is 0 Å². The zero-order chi connectivity index (χ0) is 19.6. The summed E-state index contributed by atoms with van der Waals surface area (Å²) < 4.78 is 7.75. The second-order valence-electron chi connectivity index (χ2n) is 6.85. The lowest BCUT2D eigenvalue weighted by Crippen LogP contribution is -2.40. The van der Waals surface area contributed by atoms with E-state index in [-0.39, 0.29) is 30.1 Å². The van der Waals surface area contributed by atoms with E-state index in [1.54, 1.807) is 6.33 Å². The van der Waals surface area contributed by atoms with Gasteiger partial charge in [-0.25, -0.2) is 0 Å². The van der Waals surface area contributed by atoms with Crippen LogP contribution in [0.15, 0.2) is 35.6 Å². The van der Waals surface area contributed by atoms with Gasteiger partial charge < -0.3 is 19.9 Å². The van der Waals surface area contributed by atoms with Gasteiger partial charge in [-0.05, 0) is 37.0 Å². The fourth-order valence-electron chi connectivity index (χ4n) is 3.17. The van der Waals surface area contributed by atoms with E-state index in [1.165, 1.54) is 5.56 Å². The molecule has 1 aliphatic rings. The molecule has 2 aromatic rings. The molecule has 1 saturated heterocycles. The molecular weight excluding hydrogens is 503 g/mol. The summed E-state index contributed by atoms with van der Waals surface area (Å²) in [4.78, 5) is 4.72. The number of aromatic nitrogens is 3. The maximum Gasteiger partial charge on any atom is 0.191 e. The topological polar surface area (TPSA) is 76.4 Å². The molecule has 0 spiro atoms. The highest BCUT2D eigenvalue weighted by atomic mass is 127. The highest BCUT2D eigenvalue weighted by Crippen LogP contribution is 2.12. The second kappa shape index (κ2) is 13.0. The molecule has 1 fully saturated rings. The number of hydrogen-bond acceptors (Lipinski definition) is 4. The maximum atomic E-state index is 5.95. The lowest BCUT2D eigenvalue weighted by atomic mass is 10.1. The zero-order valence-electron chi connectivity index (χ0n) is 16.8. The van der Waals surface area contributed by atoms with Gasteiger partial charge >= 0.3 is 0 Å². The average Bonchev–Trinajstić information content (AvgIpc) is 3.38. The number of benzene rings is 1. The molecule has 0 bridgehead atoms. The number of rotatable bonds is 9. The van der Waals surface area contributed by atoms with Crippen molar-refractivity contribution in [3.8, 4) is 0 Å². The van der Waals surface area contributed by atoms with Gasteiger partial charge in [0.05, 0.1) is 12.6 Å². The van der Waals surface area contributed by atoms with Gasteiger partial charge in [0.15, 0.2) is 5.96 Å². The van der Waals surface area contributed by atoms with Gasteiger partial charge in [-0.1, -0.05) is 30.7 Å². The molecule has 1 atom stereocenters. The Morgan fingerprint density at radius 3 is 2.79 bits per heavy atom. The quantitative estimate of drug-likeness (QED) is 0.295. The van der Waals surface area contributed by atoms with Gasteiger partial charge in [-0.15, -0.1) is 34.2 Å². The van der Waals surface area contributed by atoms with Crippen molar-refractivity contribution in [2.75, 3.05) is 26.2 Å². The molecule has 7 nitrogen and oxygen atoms in total. The van der Waals surface area contributed by atoms with Gasteiger partial charge in [0, 0.05) is 37.7 Å². The van der Waals surface area contributed by atoms with Crippen molar-refractivity contribution in [3.05, 3.63) is 47.0 Å². The predicted molar refractivity (Wildman–Crippen MR) is 127 cm³/mol. The molecule has 29 heavy (non-hydrogen) atoms. The van der Waals surface area contributed by atoms with E-state index in [4.69, 9.17) is 21.3 Å². The molecule has 1 aromatic heterocycles. The summed E-state index contributed by atoms with van der Waals surface area (Å²) >= 11 is 5.95. The Labute approximate surface area is 194 Å². The molecule has 1 aliphatic heterocycles. The Bertz CT molecular complexity index is 746. The molecule has 0 saturated carbocycles. The predicted octanol–water partition coefficient (Wildman–Crippen LogP) is 3.07. The molecule has 1 unspecified atom stereocenters. The number of ether oxygens (including phenoxy) is 1. The van der Waals surface area contributed by atoms with Gasteiger partial charge in [0.25, 0.3) is 0 Å². The number of hydrogen-bond donors (Lipinski definition) is 2. The molecule has 3 rings (SSSR count). The van der Waals surface area contributed by atoms with Crippen molar-refractivity contribution >= 4 is 41.5 Å². The van der Waals surface area contributed by atoms with Crippen molar-refractivity contribution in [1.82, 2.24) is 25.4 Å². The largest absolute Gasteiger partial charge is 0.376 e. The van der Waals surface area contributed by atoms with Crippen LogP contribution in [0, 0.1) is 0 Å². The van der Waals surface area contributed by atoms with Crippen LogP contribution in [-0.4, -0.2) is 53.1 Å². The highest BCUT2D eigenvalue weighted by molar-refractivity contribution is 14.0. The summed E-state index contributed by atoms with van der Waals surface area (Å²) in [6.45, 7) is 5.97. The summed E-state index contributed by atoms with van der Waals surface area (Å²) in [5.41, 5.74) is 1.24. The Balaban J connectivity index is 0.00000300. The molecule has 2 heterocycles. The third-order valence-corrected chi connectivity index (χ3v) is 5.01. The first-order chi connectivity index (χ1) is 13.7. The highest BCUT2D eigenvalue weighted by Gasteiger charge is 2.15. The van der Waals surface area contributed by atoms with Crippen LogP contribution < -0.4 is 10.6 Å². The standard InChI is InChI=1S/C20H29ClN6O.HI/c1-2-19-26-25-15-27(19)12-11-23-20(24-14-18-4-3-13-28-18)22-10-9-16-5-7-17(21)8-6-16;/h5-8,15,18H,2-4,9-14H2,1H3,(H2,22,23,24);1H. The molecule has 0 radical (unpaired) electrons. The number of halogens is 2. The Morgan fingerprint density at radius 1 is 1.28 bits per heavy atom. The minimum absolute atomic E-state index is 0. The number of nitrogens with zero attached hydrogens (tertiary/aromatic N) is 4. The molecule has 0 aliphatic carbocycles. The van der Waals surface area contributed by atoms with Crippen LogP contribution in [-0.2, 0) is 24.1 Å². The van der Waals surface area contributed by atoms with Crippen LogP contribution >= 0.6 is 35.6 Å². The van der Waals surface area contributed by atoms with Crippen LogP contribution in [0.2, 0.25) is 5.02 Å². The SMILES string of the molecule is CCc1nncn1CCNC(=NCC1CCCO1)NCCc1ccc(Cl)cc1.I. The van der Waals surface area contributed by atoms with Crippen molar-refractivity contribution in [3.63, 3.8) is 0 Å². The number of guanidine groups is 1. The monoisotopic (exact) mass is 532 g/mol. The summed E-state index contributed by atoms with van der Waals surface area (Å²) in [7, 11) is 0. The number of aliphatic imine (C=N–C) groups is 1. The molecular formula is C20H30ClIN6O. The summed E-state index contributed by atoms with van der Waals surface area (Å²) in [5.74, 6) is 1.81. The van der Waals surface area contributed by atoms with E-state index in [1.807, 2.05) is 12.1 Å². The van der Waals surface area contributed by atoms with Crippen LogP contribution in [0.25, 0.3) is 0 Å². The van der Waals surface area contributed by atoms with Gasteiger partial charge in [-0.3, -0.25) is 4.99 Å². The smallest absolute Gasteiger partial charge is 0.191 e. The van der Waals surface area contributed by atoms with Crippen LogP contribution in [0.1, 0.15) is 31.2 Å². The number of nitrogens with one attached hydrogen (secondary N) is 2. The minimum atomic E-state index is 0. The van der Waals surface area contributed by atoms with Crippen LogP contribution in [0.4, 0.5) is 0 Å². The van der Waals surface area contributed by atoms with Crippen molar-refractivity contribution < 1.29 is 4.74 Å². The van der Waals surface area contributed by atoms with E-state index < -0.39 is 0 Å². The first-order valence-corrected chi connectivity index (χ1v) is 10.4. The fourth-order valence-corrected chi connectivity index (χ4v) is 3.29. The van der Waals surface area contributed by atoms with Crippen LogP contribution in [0.3, 0.4) is 0 Å². The Kier molecular flexibility index (Phi) is 10.7. The van der Waals surface area contributed by atoms with E-state index in [0.29, 0.717) is 6.54 Å². The van der Waals surface area contributed by atoms with Crippen molar-refractivity contribution in [2.45, 2.75) is 45.3 Å². The lowest BCUT2D eigenvalue weighted by Gasteiger charge is -2.15. The van der Waals surface area contributed by atoms with E-state index in [9.17, 15) is 0 Å². The summed E-state index contributed by atoms with van der Waals surface area (Å²) in [5, 5.41) is 15.7. The number of aryl methyl sites for hydroxylation is 1. The van der Waals surface area contributed by atoms with Gasteiger partial charge in [-0.2, -0.15) is 0 Å². The minimum Gasteiger partial charge on any atom is -0.376 e. The summed E-state index contributed by atoms with van der Waals surface area (Å²) in [6, 6.07) is 7.95. The first-order valence-electron chi connectivity index (χ1n) is 9.99. The molecule has 0 amide bonds. The molecule has 160 valence electrons. The Morgan fingerprint density at radius 2 is 2.07 bits per heavy atom. The molecule has 1 aromatic carbocycles. The Hall–Kier alpha value is -1.39. The second-order valence-corrected chi connectivity index (χ2v) is 7.28. The third kappa shape index (κ3) is 8.10. The lowest BCUT2D eigenvalue weighted by molar-refractivity contribution is 0.117. The van der Waals surface area contributed by atoms with E-state index >= 15 is 0 Å². The summed E-state index contributed by atoms with van der Waals surface area (Å²) in [6.07, 6.45) is 6.00. The third-order valence-electron chi connectivity index (χ3n) is 4.75. The zero-order valence-corrected chi connectivity index (χ0v) is 19.9. The fraction of sp³-hybridized carbons (Fsp3) is 0.550. The normalized spacial score (nSPS) is 16.5. The van der Waals surface area contributed by atoms with E-state index in [0.717, 1.165) is 68.7 Å². The molecule has 2 N–H and O–H groups in total. The maximum absolute atomic E-state index is 5.95. The van der Waals surface area contributed by atoms with Gasteiger partial charge in [0.2, 0.25) is 0 Å². The van der Waals surface area contributed by atoms with Crippen LogP contribution in [0.5, 0.6) is 0 Å². The molecule has 9 heteroatoms.